The minimum absolute atomic E-state index is 0.00204. The molecule has 1 aromatic carbocycles. The Kier molecular flexibility index (Phi) is 5.58. The topological polar surface area (TPSA) is 89.9 Å². The molecule has 6 heteroatoms. The summed E-state index contributed by atoms with van der Waals surface area (Å²) in [5.41, 5.74) is 0.0244. The van der Waals surface area contributed by atoms with Crippen LogP contribution >= 0.6 is 0 Å². The van der Waals surface area contributed by atoms with Crippen molar-refractivity contribution in [3.63, 3.8) is 0 Å². The summed E-state index contributed by atoms with van der Waals surface area (Å²) in [5, 5.41) is 21.1. The number of amides is 2. The average Bonchev–Trinajstić information content (AvgIpc) is 2.37. The van der Waals surface area contributed by atoms with E-state index in [4.69, 9.17) is 5.11 Å². The van der Waals surface area contributed by atoms with E-state index >= 15 is 0 Å². The van der Waals surface area contributed by atoms with Crippen molar-refractivity contribution in [3.05, 3.63) is 23.8 Å². The number of phenols is 1. The zero-order chi connectivity index (χ0) is 16.2. The summed E-state index contributed by atoms with van der Waals surface area (Å²) in [5.74, 6) is -1.06. The Labute approximate surface area is 124 Å². The molecule has 0 radical (unpaired) electrons. The van der Waals surface area contributed by atoms with Crippen LogP contribution in [0.4, 0.5) is 10.5 Å². The molecule has 0 saturated carbocycles. The lowest BCUT2D eigenvalue weighted by atomic mass is 10.1. The summed E-state index contributed by atoms with van der Waals surface area (Å²) < 4.78 is 0. The quantitative estimate of drug-likeness (QED) is 0.728. The molecule has 1 rings (SSSR count). The van der Waals surface area contributed by atoms with Gasteiger partial charge in [-0.15, -0.1) is 0 Å². The minimum Gasteiger partial charge on any atom is -0.508 e. The lowest BCUT2D eigenvalue weighted by Gasteiger charge is -2.28. The highest BCUT2D eigenvalue weighted by Gasteiger charge is 2.20. The van der Waals surface area contributed by atoms with Gasteiger partial charge in [0.15, 0.2) is 0 Å². The summed E-state index contributed by atoms with van der Waals surface area (Å²) in [6.45, 7) is 8.38. The van der Waals surface area contributed by atoms with Crippen LogP contribution in [0.2, 0.25) is 0 Å². The number of hydrogen-bond acceptors (Lipinski definition) is 3. The lowest BCUT2D eigenvalue weighted by molar-refractivity contribution is 0.0697. The number of hydrogen-bond donors (Lipinski definition) is 3. The van der Waals surface area contributed by atoms with E-state index < -0.39 is 5.97 Å². The number of benzene rings is 1. The average molecular weight is 294 g/mol. The number of aromatic carboxylic acids is 1. The number of aromatic hydroxyl groups is 1. The Bertz CT molecular complexity index is 526. The maximum atomic E-state index is 12.3. The molecule has 0 spiro atoms. The van der Waals surface area contributed by atoms with Crippen LogP contribution in [0.15, 0.2) is 18.2 Å². The predicted octanol–water partition coefficient (Wildman–Crippen LogP) is 2.99. The molecule has 1 aromatic rings. The van der Waals surface area contributed by atoms with Gasteiger partial charge in [0.05, 0.1) is 11.3 Å². The SMILES string of the molecule is CC(C)CN(C(=O)Nc1ccc(O)cc1C(=O)O)C(C)C. The Balaban J connectivity index is 2.98. The highest BCUT2D eigenvalue weighted by atomic mass is 16.4. The fourth-order valence-electron chi connectivity index (χ4n) is 1.93. The van der Waals surface area contributed by atoms with E-state index in [0.29, 0.717) is 12.5 Å². The van der Waals surface area contributed by atoms with E-state index in [0.717, 1.165) is 6.07 Å². The number of carboxylic acids is 1. The predicted molar refractivity (Wildman–Crippen MR) is 80.8 cm³/mol. The smallest absolute Gasteiger partial charge is 0.337 e. The van der Waals surface area contributed by atoms with Crippen molar-refractivity contribution in [2.75, 3.05) is 11.9 Å². The van der Waals surface area contributed by atoms with Crippen LogP contribution in [0.3, 0.4) is 0 Å². The van der Waals surface area contributed by atoms with Crippen LogP contribution in [-0.2, 0) is 0 Å². The molecule has 0 saturated heterocycles. The van der Waals surface area contributed by atoms with Crippen molar-refractivity contribution in [2.24, 2.45) is 5.92 Å². The normalized spacial score (nSPS) is 10.8. The second-order valence-electron chi connectivity index (χ2n) is 5.61. The Hall–Kier alpha value is -2.24. The van der Waals surface area contributed by atoms with Crippen molar-refractivity contribution in [1.82, 2.24) is 4.90 Å². The second kappa shape index (κ2) is 6.97. The molecule has 21 heavy (non-hydrogen) atoms. The van der Waals surface area contributed by atoms with Gasteiger partial charge in [-0.05, 0) is 38.0 Å². The van der Waals surface area contributed by atoms with Gasteiger partial charge in [-0.25, -0.2) is 9.59 Å². The summed E-state index contributed by atoms with van der Waals surface area (Å²) in [6.07, 6.45) is 0. The molecule has 0 fully saturated rings. The molecule has 6 nitrogen and oxygen atoms in total. The Morgan fingerprint density at radius 2 is 1.86 bits per heavy atom. The summed E-state index contributed by atoms with van der Waals surface area (Å²) >= 11 is 0. The Morgan fingerprint density at radius 1 is 1.24 bits per heavy atom. The fraction of sp³-hybridized carbons (Fsp3) is 0.467. The van der Waals surface area contributed by atoms with Crippen LogP contribution in [0.5, 0.6) is 5.75 Å². The van der Waals surface area contributed by atoms with Crippen LogP contribution < -0.4 is 5.32 Å². The molecule has 0 unspecified atom stereocenters. The molecule has 0 bridgehead atoms. The second-order valence-corrected chi connectivity index (χ2v) is 5.61. The molecular weight excluding hydrogens is 272 g/mol. The van der Waals surface area contributed by atoms with Gasteiger partial charge in [0.1, 0.15) is 5.75 Å². The lowest BCUT2D eigenvalue weighted by Crippen LogP contribution is -2.42. The summed E-state index contributed by atoms with van der Waals surface area (Å²) in [6, 6.07) is 3.47. The third-order valence-corrected chi connectivity index (χ3v) is 2.92. The van der Waals surface area contributed by atoms with Gasteiger partial charge in [-0.2, -0.15) is 0 Å². The fourth-order valence-corrected chi connectivity index (χ4v) is 1.93. The number of anilines is 1. The van der Waals surface area contributed by atoms with E-state index in [2.05, 4.69) is 5.32 Å². The van der Waals surface area contributed by atoms with Gasteiger partial charge in [0.2, 0.25) is 0 Å². The molecule has 0 aliphatic rings. The van der Waals surface area contributed by atoms with Gasteiger partial charge in [-0.1, -0.05) is 13.8 Å². The highest BCUT2D eigenvalue weighted by Crippen LogP contribution is 2.22. The van der Waals surface area contributed by atoms with Crippen molar-refractivity contribution in [3.8, 4) is 5.75 Å². The number of carboxylic acid groups (broad SMARTS) is 1. The molecule has 2 amide bonds. The first-order valence-corrected chi connectivity index (χ1v) is 6.86. The van der Waals surface area contributed by atoms with Crippen LogP contribution in [0.1, 0.15) is 38.1 Å². The maximum absolute atomic E-state index is 12.3. The van der Waals surface area contributed by atoms with Gasteiger partial charge in [-0.3, -0.25) is 0 Å². The summed E-state index contributed by atoms with van der Waals surface area (Å²) in [7, 11) is 0. The molecule has 3 N–H and O–H groups in total. The van der Waals surface area contributed by atoms with Gasteiger partial charge in [0, 0.05) is 12.6 Å². The number of carbonyl (C=O) groups excluding carboxylic acids is 1. The molecule has 0 aliphatic heterocycles. The zero-order valence-electron chi connectivity index (χ0n) is 12.8. The number of nitrogens with zero attached hydrogens (tertiary/aromatic N) is 1. The molecule has 0 aliphatic carbocycles. The highest BCUT2D eigenvalue weighted by molar-refractivity contribution is 6.00. The Morgan fingerprint density at radius 3 is 2.33 bits per heavy atom. The van der Waals surface area contributed by atoms with Gasteiger partial charge in [0.25, 0.3) is 0 Å². The van der Waals surface area contributed by atoms with E-state index in [1.807, 2.05) is 27.7 Å². The van der Waals surface area contributed by atoms with E-state index in [9.17, 15) is 14.7 Å². The molecule has 0 heterocycles. The first-order valence-electron chi connectivity index (χ1n) is 6.86. The maximum Gasteiger partial charge on any atom is 0.337 e. The minimum atomic E-state index is -1.21. The van der Waals surface area contributed by atoms with E-state index in [-0.39, 0.29) is 29.1 Å². The number of carbonyl (C=O) groups is 2. The number of phenolic OH excluding ortho intramolecular Hbond substituents is 1. The summed E-state index contributed by atoms with van der Waals surface area (Å²) in [4.78, 5) is 25.1. The molecular formula is C15H22N2O4. The van der Waals surface area contributed by atoms with Crippen molar-refractivity contribution >= 4 is 17.7 Å². The number of nitrogens with one attached hydrogen (secondary N) is 1. The largest absolute Gasteiger partial charge is 0.508 e. The monoisotopic (exact) mass is 294 g/mol. The zero-order valence-corrected chi connectivity index (χ0v) is 12.8. The number of rotatable bonds is 5. The van der Waals surface area contributed by atoms with Crippen molar-refractivity contribution in [1.29, 1.82) is 0 Å². The molecule has 0 atom stereocenters. The standard InChI is InChI=1S/C15H22N2O4/c1-9(2)8-17(10(3)4)15(21)16-13-6-5-11(18)7-12(13)14(19)20/h5-7,9-10,18H,8H2,1-4H3,(H,16,21)(H,19,20). The van der Waals surface area contributed by atoms with Gasteiger partial charge >= 0.3 is 12.0 Å². The third kappa shape index (κ3) is 4.66. The number of urea groups is 1. The molecule has 0 aromatic heterocycles. The van der Waals surface area contributed by atoms with Crippen LogP contribution in [-0.4, -0.2) is 39.7 Å². The third-order valence-electron chi connectivity index (χ3n) is 2.92. The van der Waals surface area contributed by atoms with Crippen molar-refractivity contribution in [2.45, 2.75) is 33.7 Å². The van der Waals surface area contributed by atoms with Gasteiger partial charge < -0.3 is 20.4 Å². The van der Waals surface area contributed by atoms with E-state index in [1.54, 1.807) is 4.90 Å². The van der Waals surface area contributed by atoms with Crippen molar-refractivity contribution < 1.29 is 19.8 Å². The first kappa shape index (κ1) is 16.8. The van der Waals surface area contributed by atoms with Crippen LogP contribution in [0.25, 0.3) is 0 Å². The van der Waals surface area contributed by atoms with E-state index in [1.165, 1.54) is 12.1 Å². The first-order chi connectivity index (χ1) is 9.72. The molecule has 116 valence electrons. The van der Waals surface area contributed by atoms with Crippen LogP contribution in [0, 0.1) is 5.92 Å².